The molecule has 9 nitrogen and oxygen atoms in total. The van der Waals surface area contributed by atoms with Crippen LogP contribution < -0.4 is 15.0 Å². The number of anilines is 2. The Kier molecular flexibility index (Phi) is 8.27. The van der Waals surface area contributed by atoms with Crippen LogP contribution in [0.25, 0.3) is 0 Å². The number of likely N-dealkylation sites (N-methyl/N-ethyl adjacent to an activating group) is 1. The SMILES string of the molecule is CCN1CCN(c2ccc(S(=O)(=O)N3CCOCC3)cc2NC(=O)COc2ccc(C)cc2)CC1. The molecule has 0 unspecified atom stereocenters. The Labute approximate surface area is 207 Å². The molecule has 2 heterocycles. The minimum Gasteiger partial charge on any atom is -0.484 e. The maximum atomic E-state index is 13.2. The maximum Gasteiger partial charge on any atom is 0.262 e. The minimum atomic E-state index is -3.70. The summed E-state index contributed by atoms with van der Waals surface area (Å²) >= 11 is 0. The summed E-state index contributed by atoms with van der Waals surface area (Å²) in [6, 6.07) is 12.5. The fraction of sp³-hybridized carbons (Fsp3) is 0.480. The smallest absolute Gasteiger partial charge is 0.262 e. The van der Waals surface area contributed by atoms with Gasteiger partial charge in [0.15, 0.2) is 6.61 Å². The second-order valence-corrected chi connectivity index (χ2v) is 10.7. The van der Waals surface area contributed by atoms with Crippen molar-refractivity contribution in [3.05, 3.63) is 48.0 Å². The van der Waals surface area contributed by atoms with Crippen molar-refractivity contribution in [1.29, 1.82) is 0 Å². The predicted octanol–water partition coefficient (Wildman–Crippen LogP) is 2.18. The van der Waals surface area contributed by atoms with Gasteiger partial charge in [-0.25, -0.2) is 8.42 Å². The van der Waals surface area contributed by atoms with Crippen LogP contribution in [0.2, 0.25) is 0 Å². The number of benzene rings is 2. The van der Waals surface area contributed by atoms with E-state index in [-0.39, 0.29) is 17.4 Å². The number of morpholine rings is 1. The van der Waals surface area contributed by atoms with Crippen molar-refractivity contribution in [3.8, 4) is 5.75 Å². The summed E-state index contributed by atoms with van der Waals surface area (Å²) in [7, 11) is -3.70. The lowest BCUT2D eigenvalue weighted by atomic mass is 10.2. The van der Waals surface area contributed by atoms with Crippen molar-refractivity contribution >= 4 is 27.3 Å². The van der Waals surface area contributed by atoms with Gasteiger partial charge < -0.3 is 24.6 Å². The molecule has 1 amide bonds. The van der Waals surface area contributed by atoms with Crippen molar-refractivity contribution in [1.82, 2.24) is 9.21 Å². The molecular formula is C25H34N4O5S. The predicted molar refractivity (Wildman–Crippen MR) is 136 cm³/mol. The van der Waals surface area contributed by atoms with E-state index in [1.54, 1.807) is 18.2 Å². The molecule has 2 aromatic carbocycles. The first-order valence-electron chi connectivity index (χ1n) is 12.1. The first-order chi connectivity index (χ1) is 16.9. The molecule has 0 atom stereocenters. The Morgan fingerprint density at radius 2 is 1.69 bits per heavy atom. The van der Waals surface area contributed by atoms with Gasteiger partial charge in [0.1, 0.15) is 5.75 Å². The number of ether oxygens (including phenoxy) is 2. The van der Waals surface area contributed by atoms with Gasteiger partial charge in [0.25, 0.3) is 5.91 Å². The van der Waals surface area contributed by atoms with Crippen LogP contribution >= 0.6 is 0 Å². The molecule has 4 rings (SSSR count). The van der Waals surface area contributed by atoms with E-state index in [0.717, 1.165) is 44.0 Å². The molecule has 2 aromatic rings. The molecule has 35 heavy (non-hydrogen) atoms. The summed E-state index contributed by atoms with van der Waals surface area (Å²) in [5.41, 5.74) is 2.39. The van der Waals surface area contributed by atoms with Crippen LogP contribution in [0.1, 0.15) is 12.5 Å². The summed E-state index contributed by atoms with van der Waals surface area (Å²) in [6.07, 6.45) is 0. The standard InChI is InChI=1S/C25H34N4O5S/c1-3-27-10-12-28(13-11-27)24-9-8-22(35(31,32)29-14-16-33-17-15-29)18-23(24)26-25(30)19-34-21-6-4-20(2)5-7-21/h4-9,18H,3,10-17,19H2,1-2H3,(H,26,30). The summed E-state index contributed by atoms with van der Waals surface area (Å²) in [5, 5.41) is 2.90. The Morgan fingerprint density at radius 1 is 1.00 bits per heavy atom. The van der Waals surface area contributed by atoms with Crippen LogP contribution in [-0.2, 0) is 19.6 Å². The highest BCUT2D eigenvalue weighted by Crippen LogP contribution is 2.31. The lowest BCUT2D eigenvalue weighted by Gasteiger charge is -2.36. The number of hydrogen-bond donors (Lipinski definition) is 1. The molecule has 1 N–H and O–H groups in total. The van der Waals surface area contributed by atoms with Crippen molar-refractivity contribution in [2.45, 2.75) is 18.7 Å². The van der Waals surface area contributed by atoms with Crippen molar-refractivity contribution in [2.24, 2.45) is 0 Å². The third kappa shape index (κ3) is 6.32. The van der Waals surface area contributed by atoms with E-state index in [1.807, 2.05) is 31.2 Å². The molecule has 0 saturated carbocycles. The van der Waals surface area contributed by atoms with Crippen LogP contribution in [0.3, 0.4) is 0 Å². The lowest BCUT2D eigenvalue weighted by Crippen LogP contribution is -2.46. The third-order valence-corrected chi connectivity index (χ3v) is 8.30. The van der Waals surface area contributed by atoms with Crippen molar-refractivity contribution < 1.29 is 22.7 Å². The van der Waals surface area contributed by atoms with E-state index in [4.69, 9.17) is 9.47 Å². The quantitative estimate of drug-likeness (QED) is 0.592. The highest BCUT2D eigenvalue weighted by molar-refractivity contribution is 7.89. The van der Waals surface area contributed by atoms with E-state index >= 15 is 0 Å². The normalized spacial score (nSPS) is 17.8. The molecule has 0 bridgehead atoms. The van der Waals surface area contributed by atoms with Gasteiger partial charge in [-0.05, 0) is 43.8 Å². The van der Waals surface area contributed by atoms with Crippen molar-refractivity contribution in [2.75, 3.05) is 75.9 Å². The van der Waals surface area contributed by atoms with Gasteiger partial charge in [0, 0.05) is 39.3 Å². The van der Waals surface area contributed by atoms with E-state index in [2.05, 4.69) is 22.0 Å². The highest BCUT2D eigenvalue weighted by atomic mass is 32.2. The number of aryl methyl sites for hydroxylation is 1. The number of nitrogens with zero attached hydrogens (tertiary/aromatic N) is 3. The Hall–Kier alpha value is -2.66. The third-order valence-electron chi connectivity index (χ3n) is 6.40. The zero-order valence-electron chi connectivity index (χ0n) is 20.4. The largest absolute Gasteiger partial charge is 0.484 e. The Balaban J connectivity index is 1.55. The monoisotopic (exact) mass is 502 g/mol. The van der Waals surface area contributed by atoms with E-state index in [0.29, 0.717) is 37.7 Å². The van der Waals surface area contributed by atoms with Crippen LogP contribution in [0, 0.1) is 6.92 Å². The van der Waals surface area contributed by atoms with E-state index in [9.17, 15) is 13.2 Å². The minimum absolute atomic E-state index is 0.157. The molecule has 2 aliphatic heterocycles. The molecule has 2 fully saturated rings. The second kappa shape index (κ2) is 11.4. The maximum absolute atomic E-state index is 13.2. The average molecular weight is 503 g/mol. The molecule has 0 radical (unpaired) electrons. The fourth-order valence-corrected chi connectivity index (χ4v) is 5.70. The van der Waals surface area contributed by atoms with Crippen LogP contribution in [-0.4, -0.2) is 89.2 Å². The molecule has 10 heteroatoms. The first kappa shape index (κ1) is 25.4. The summed E-state index contributed by atoms with van der Waals surface area (Å²) < 4.78 is 38.9. The number of sulfonamides is 1. The van der Waals surface area contributed by atoms with Gasteiger partial charge in [0.05, 0.1) is 29.5 Å². The molecule has 0 aliphatic carbocycles. The number of piperazine rings is 1. The lowest BCUT2D eigenvalue weighted by molar-refractivity contribution is -0.118. The second-order valence-electron chi connectivity index (χ2n) is 8.77. The molecule has 0 aromatic heterocycles. The van der Waals surface area contributed by atoms with Crippen LogP contribution in [0.5, 0.6) is 5.75 Å². The van der Waals surface area contributed by atoms with Crippen LogP contribution in [0.4, 0.5) is 11.4 Å². The number of nitrogens with one attached hydrogen (secondary N) is 1. The van der Waals surface area contributed by atoms with E-state index < -0.39 is 10.0 Å². The van der Waals surface area contributed by atoms with Gasteiger partial charge in [-0.15, -0.1) is 0 Å². The van der Waals surface area contributed by atoms with Gasteiger partial charge in [0.2, 0.25) is 10.0 Å². The number of hydrogen-bond acceptors (Lipinski definition) is 7. The Bertz CT molecular complexity index is 1110. The topological polar surface area (TPSA) is 91.4 Å². The number of rotatable bonds is 8. The number of carbonyl (C=O) groups excluding carboxylic acids is 1. The zero-order chi connectivity index (χ0) is 24.8. The summed E-state index contributed by atoms with van der Waals surface area (Å²) in [6.45, 7) is 9.73. The number of amides is 1. The van der Waals surface area contributed by atoms with Crippen molar-refractivity contribution in [3.63, 3.8) is 0 Å². The molecule has 2 saturated heterocycles. The summed E-state index contributed by atoms with van der Waals surface area (Å²) in [4.78, 5) is 17.5. The molecular weight excluding hydrogens is 468 g/mol. The van der Waals surface area contributed by atoms with Gasteiger partial charge in [-0.1, -0.05) is 24.6 Å². The summed E-state index contributed by atoms with van der Waals surface area (Å²) in [5.74, 6) is 0.255. The molecule has 0 spiro atoms. The zero-order valence-corrected chi connectivity index (χ0v) is 21.2. The Morgan fingerprint density at radius 3 is 2.34 bits per heavy atom. The molecule has 190 valence electrons. The van der Waals surface area contributed by atoms with E-state index in [1.165, 1.54) is 4.31 Å². The number of carbonyl (C=O) groups is 1. The van der Waals surface area contributed by atoms with Crippen LogP contribution in [0.15, 0.2) is 47.4 Å². The average Bonchev–Trinajstić information content (AvgIpc) is 2.89. The fourth-order valence-electron chi connectivity index (χ4n) is 4.26. The molecule has 2 aliphatic rings. The van der Waals surface area contributed by atoms with Gasteiger partial charge in [-0.3, -0.25) is 4.79 Å². The first-order valence-corrected chi connectivity index (χ1v) is 13.5. The van der Waals surface area contributed by atoms with Gasteiger partial charge in [-0.2, -0.15) is 4.31 Å². The van der Waals surface area contributed by atoms with Gasteiger partial charge >= 0.3 is 0 Å². The highest BCUT2D eigenvalue weighted by Gasteiger charge is 2.28.